The van der Waals surface area contributed by atoms with Crippen molar-refractivity contribution in [3.63, 3.8) is 0 Å². The van der Waals surface area contributed by atoms with Gasteiger partial charge in [-0.15, -0.1) is 0 Å². The second-order valence-corrected chi connectivity index (χ2v) is 13.1. The lowest BCUT2D eigenvalue weighted by Crippen LogP contribution is -2.25. The second kappa shape index (κ2) is 12.0. The topological polar surface area (TPSA) is 37.5 Å². The summed E-state index contributed by atoms with van der Waals surface area (Å²) >= 11 is 0. The van der Waals surface area contributed by atoms with Crippen molar-refractivity contribution in [1.82, 2.24) is 5.32 Å². The summed E-state index contributed by atoms with van der Waals surface area (Å²) in [6.07, 6.45) is 1.88. The normalized spacial score (nSPS) is 14.5. The van der Waals surface area contributed by atoms with E-state index in [-0.39, 0.29) is 6.17 Å². The van der Waals surface area contributed by atoms with E-state index >= 15 is 0 Å². The van der Waals surface area contributed by atoms with Gasteiger partial charge in [0.15, 0.2) is 0 Å². The molecule has 9 aromatic rings. The highest BCUT2D eigenvalue weighted by atomic mass is 16.3. The van der Waals surface area contributed by atoms with E-state index in [1.54, 1.807) is 0 Å². The molecular weight excluding hydrogens is 621 g/mol. The van der Waals surface area contributed by atoms with Gasteiger partial charge in [-0.1, -0.05) is 170 Å². The quantitative estimate of drug-likeness (QED) is 0.201. The van der Waals surface area contributed by atoms with Crippen LogP contribution in [-0.4, -0.2) is 5.71 Å². The highest BCUT2D eigenvalue weighted by molar-refractivity contribution is 6.18. The Labute approximate surface area is 295 Å². The average Bonchev–Trinajstić information content (AvgIpc) is 3.61. The highest BCUT2D eigenvalue weighted by Crippen LogP contribution is 2.42. The van der Waals surface area contributed by atoms with E-state index in [0.29, 0.717) is 0 Å². The number of hydrogen-bond donors (Lipinski definition) is 1. The molecule has 51 heavy (non-hydrogen) atoms. The fourth-order valence-corrected chi connectivity index (χ4v) is 7.62. The van der Waals surface area contributed by atoms with E-state index in [0.717, 1.165) is 77.3 Å². The number of hydrogen-bond acceptors (Lipinski definition) is 3. The van der Waals surface area contributed by atoms with Crippen LogP contribution in [0.5, 0.6) is 0 Å². The fourth-order valence-electron chi connectivity index (χ4n) is 7.62. The van der Waals surface area contributed by atoms with Gasteiger partial charge in [0, 0.05) is 33.0 Å². The van der Waals surface area contributed by atoms with Crippen LogP contribution in [0.2, 0.25) is 0 Å². The first-order chi connectivity index (χ1) is 25.3. The van der Waals surface area contributed by atoms with Crippen LogP contribution in [0, 0.1) is 0 Å². The lowest BCUT2D eigenvalue weighted by Gasteiger charge is -2.26. The molecule has 1 aromatic heterocycles. The predicted molar refractivity (Wildman–Crippen MR) is 213 cm³/mol. The Bertz CT molecular complexity index is 2810. The summed E-state index contributed by atoms with van der Waals surface area (Å²) in [6.45, 7) is 0. The molecule has 0 fully saturated rings. The van der Waals surface area contributed by atoms with Crippen LogP contribution < -0.4 is 5.32 Å². The predicted octanol–water partition coefficient (Wildman–Crippen LogP) is 12.4. The number of benzene rings is 8. The van der Waals surface area contributed by atoms with Crippen molar-refractivity contribution in [3.8, 4) is 22.3 Å². The molecule has 1 aliphatic heterocycles. The third-order valence-electron chi connectivity index (χ3n) is 10.1. The lowest BCUT2D eigenvalue weighted by molar-refractivity contribution is 0.669. The molecule has 3 heteroatoms. The minimum absolute atomic E-state index is 0.290. The number of furan rings is 1. The zero-order chi connectivity index (χ0) is 33.7. The zero-order valence-corrected chi connectivity index (χ0v) is 27.8. The van der Waals surface area contributed by atoms with Crippen LogP contribution in [0.3, 0.4) is 0 Å². The van der Waals surface area contributed by atoms with Crippen LogP contribution in [0.15, 0.2) is 191 Å². The van der Waals surface area contributed by atoms with Crippen LogP contribution in [0.4, 0.5) is 0 Å². The first-order valence-corrected chi connectivity index (χ1v) is 17.4. The number of para-hydroxylation sites is 1. The maximum absolute atomic E-state index is 6.77. The van der Waals surface area contributed by atoms with E-state index < -0.39 is 0 Å². The molecule has 1 N–H and O–H groups in total. The first kappa shape index (κ1) is 29.2. The van der Waals surface area contributed by atoms with Crippen molar-refractivity contribution >= 4 is 54.9 Å². The fraction of sp³-hybridized carbons (Fsp3) is 0.0208. The molecule has 10 rings (SSSR count). The van der Waals surface area contributed by atoms with Gasteiger partial charge in [0.1, 0.15) is 17.3 Å². The van der Waals surface area contributed by atoms with Crippen molar-refractivity contribution in [2.24, 2.45) is 4.99 Å². The van der Waals surface area contributed by atoms with Crippen molar-refractivity contribution in [2.45, 2.75) is 6.17 Å². The minimum Gasteiger partial charge on any atom is -0.455 e. The zero-order valence-electron chi connectivity index (χ0n) is 27.8. The van der Waals surface area contributed by atoms with E-state index in [1.165, 1.54) is 16.5 Å². The van der Waals surface area contributed by atoms with Crippen molar-refractivity contribution in [3.05, 3.63) is 199 Å². The van der Waals surface area contributed by atoms with Gasteiger partial charge in [-0.3, -0.25) is 4.99 Å². The van der Waals surface area contributed by atoms with Crippen molar-refractivity contribution in [1.29, 1.82) is 0 Å². The van der Waals surface area contributed by atoms with E-state index in [4.69, 9.17) is 9.41 Å². The summed E-state index contributed by atoms with van der Waals surface area (Å²) in [7, 11) is 0. The molecule has 2 heterocycles. The number of fused-ring (bicyclic) bond motifs is 6. The molecule has 0 spiro atoms. The molecule has 0 amide bonds. The van der Waals surface area contributed by atoms with E-state index in [2.05, 4.69) is 181 Å². The molecule has 1 atom stereocenters. The Morgan fingerprint density at radius 1 is 0.412 bits per heavy atom. The number of nitrogens with one attached hydrogen (secondary N) is 1. The van der Waals surface area contributed by atoms with Gasteiger partial charge < -0.3 is 9.73 Å². The van der Waals surface area contributed by atoms with Gasteiger partial charge in [-0.05, 0) is 56.1 Å². The number of nitrogens with zero attached hydrogens (tertiary/aromatic N) is 1. The largest absolute Gasteiger partial charge is 0.455 e. The molecular formula is C48H32N2O. The molecule has 0 bridgehead atoms. The van der Waals surface area contributed by atoms with Gasteiger partial charge >= 0.3 is 0 Å². The smallest absolute Gasteiger partial charge is 0.146 e. The second-order valence-electron chi connectivity index (χ2n) is 13.1. The van der Waals surface area contributed by atoms with Crippen LogP contribution in [-0.2, 0) is 0 Å². The van der Waals surface area contributed by atoms with Crippen LogP contribution >= 0.6 is 0 Å². The average molecular weight is 653 g/mol. The highest BCUT2D eigenvalue weighted by Gasteiger charge is 2.23. The maximum atomic E-state index is 6.77. The van der Waals surface area contributed by atoms with Crippen molar-refractivity contribution in [2.75, 3.05) is 0 Å². The number of rotatable bonds is 5. The van der Waals surface area contributed by atoms with Crippen LogP contribution in [0.25, 0.3) is 71.4 Å². The summed E-state index contributed by atoms with van der Waals surface area (Å²) in [5, 5.41) is 10.7. The molecule has 0 saturated carbocycles. The summed E-state index contributed by atoms with van der Waals surface area (Å²) in [6, 6.07) is 62.2. The Morgan fingerprint density at radius 2 is 1.04 bits per heavy atom. The van der Waals surface area contributed by atoms with Gasteiger partial charge in [-0.25, -0.2) is 0 Å². The summed E-state index contributed by atoms with van der Waals surface area (Å²) < 4.78 is 6.77. The number of allylic oxidation sites excluding steroid dienone is 1. The maximum Gasteiger partial charge on any atom is 0.146 e. The Hall–Kier alpha value is -6.71. The van der Waals surface area contributed by atoms with Crippen LogP contribution in [0.1, 0.15) is 22.9 Å². The third-order valence-corrected chi connectivity index (χ3v) is 10.1. The Balaban J connectivity index is 1.10. The summed E-state index contributed by atoms with van der Waals surface area (Å²) in [4.78, 5) is 5.33. The Morgan fingerprint density at radius 3 is 1.84 bits per heavy atom. The summed E-state index contributed by atoms with van der Waals surface area (Å²) in [5.41, 5.74) is 11.8. The lowest BCUT2D eigenvalue weighted by atomic mass is 9.92. The van der Waals surface area contributed by atoms with Gasteiger partial charge in [0.05, 0.1) is 5.71 Å². The standard InChI is InChI=1S/C48H32N2O/c1-3-12-31(13-4-1)32-22-24-35(25-23-32)45-30-44(34-15-5-2-6-16-34)49-48(50-45)43-29-28-39(37-18-9-10-19-38(37)43)40-20-11-21-41-42-27-26-33-14-7-8-17-36(33)46(42)51-47(40)41/h1-30,48,50H. The van der Waals surface area contributed by atoms with Gasteiger partial charge in [0.25, 0.3) is 0 Å². The minimum atomic E-state index is -0.290. The van der Waals surface area contributed by atoms with E-state index in [1.807, 2.05) is 6.07 Å². The summed E-state index contributed by atoms with van der Waals surface area (Å²) in [5.74, 6) is 0. The molecule has 240 valence electrons. The van der Waals surface area contributed by atoms with E-state index in [9.17, 15) is 0 Å². The van der Waals surface area contributed by atoms with Crippen molar-refractivity contribution < 1.29 is 4.42 Å². The number of aliphatic imine (C=N–C) groups is 1. The molecule has 0 saturated heterocycles. The molecule has 8 aromatic carbocycles. The Kier molecular flexibility index (Phi) is 6.88. The molecule has 0 radical (unpaired) electrons. The molecule has 3 nitrogen and oxygen atoms in total. The monoisotopic (exact) mass is 652 g/mol. The SMILES string of the molecule is C1=C(c2ccc(-c3ccccc3)cc2)NC(c2ccc(-c3cccc4c3oc3c5ccccc5ccc43)c3ccccc23)N=C1c1ccccc1. The van der Waals surface area contributed by atoms with Gasteiger partial charge in [0.2, 0.25) is 0 Å². The molecule has 1 aliphatic rings. The van der Waals surface area contributed by atoms with Gasteiger partial charge in [-0.2, -0.15) is 0 Å². The first-order valence-electron chi connectivity index (χ1n) is 17.4. The third kappa shape index (κ3) is 5.02. The molecule has 1 unspecified atom stereocenters. The molecule has 0 aliphatic carbocycles.